The molecule has 0 aliphatic heterocycles. The molecule has 1 fully saturated rings. The van der Waals surface area contributed by atoms with Gasteiger partial charge in [0.1, 0.15) is 17.4 Å². The van der Waals surface area contributed by atoms with E-state index in [2.05, 4.69) is 10.1 Å². The lowest BCUT2D eigenvalue weighted by Gasteiger charge is -2.22. The topological polar surface area (TPSA) is 94.6 Å². The van der Waals surface area contributed by atoms with Crippen molar-refractivity contribution in [3.8, 4) is 11.8 Å². The number of nitriles is 1. The lowest BCUT2D eigenvalue weighted by Crippen LogP contribution is -2.32. The summed E-state index contributed by atoms with van der Waals surface area (Å²) in [5.74, 6) is -0.00609. The molecular weight excluding hydrogens is 504 g/mol. The third-order valence-electron chi connectivity index (χ3n) is 4.68. The maximum atomic E-state index is 13.2. The first-order valence-corrected chi connectivity index (χ1v) is 12.1. The molecule has 1 heterocycles. The van der Waals surface area contributed by atoms with Crippen molar-refractivity contribution in [2.24, 2.45) is 10.9 Å². The highest BCUT2D eigenvalue weighted by molar-refractivity contribution is 7.92. The Morgan fingerprint density at radius 3 is 2.30 bits per heavy atom. The van der Waals surface area contributed by atoms with Crippen molar-refractivity contribution >= 4 is 51.1 Å². The van der Waals surface area contributed by atoms with E-state index in [1.54, 1.807) is 19.0 Å². The van der Waals surface area contributed by atoms with E-state index in [0.717, 1.165) is 28.1 Å². The number of aromatic nitrogens is 2. The van der Waals surface area contributed by atoms with Gasteiger partial charge in [0, 0.05) is 20.6 Å². The second-order valence-electron chi connectivity index (χ2n) is 7.78. The lowest BCUT2D eigenvalue weighted by atomic mass is 10.2. The molecular formula is C19H19Cl2F3N6O2S. The Morgan fingerprint density at radius 2 is 1.88 bits per heavy atom. The Bertz CT molecular complexity index is 1220. The molecule has 3 rings (SSSR count). The predicted molar refractivity (Wildman–Crippen MR) is 120 cm³/mol. The van der Waals surface area contributed by atoms with E-state index in [-0.39, 0.29) is 35.3 Å². The average Bonchev–Trinajstić information content (AvgIpc) is 3.43. The van der Waals surface area contributed by atoms with Gasteiger partial charge in [-0.2, -0.15) is 23.5 Å². The van der Waals surface area contributed by atoms with E-state index in [4.69, 9.17) is 23.2 Å². The molecule has 0 saturated heterocycles. The van der Waals surface area contributed by atoms with Gasteiger partial charge in [0.05, 0.1) is 28.2 Å². The zero-order valence-electron chi connectivity index (χ0n) is 17.7. The molecule has 1 aliphatic carbocycles. The zero-order chi connectivity index (χ0) is 24.7. The second-order valence-corrected chi connectivity index (χ2v) is 10.5. The van der Waals surface area contributed by atoms with Gasteiger partial charge >= 0.3 is 6.18 Å². The van der Waals surface area contributed by atoms with E-state index < -0.39 is 31.8 Å². The fraction of sp³-hybridized carbons (Fsp3) is 0.421. The molecule has 33 heavy (non-hydrogen) atoms. The van der Waals surface area contributed by atoms with Crippen molar-refractivity contribution < 1.29 is 21.6 Å². The van der Waals surface area contributed by atoms with Gasteiger partial charge in [0.15, 0.2) is 11.5 Å². The normalized spacial score (nSPS) is 14.5. The number of rotatable bonds is 7. The number of alkyl halides is 3. The molecule has 8 nitrogen and oxygen atoms in total. The van der Waals surface area contributed by atoms with Gasteiger partial charge < -0.3 is 4.90 Å². The van der Waals surface area contributed by atoms with Crippen LogP contribution in [-0.4, -0.2) is 56.3 Å². The van der Waals surface area contributed by atoms with Crippen molar-refractivity contribution in [2.75, 3.05) is 31.2 Å². The Labute approximate surface area is 198 Å². The molecule has 0 amide bonds. The van der Waals surface area contributed by atoms with Gasteiger partial charge in [-0.05, 0) is 30.9 Å². The number of halogens is 5. The summed E-state index contributed by atoms with van der Waals surface area (Å²) < 4.78 is 66.8. The molecule has 0 unspecified atom stereocenters. The predicted octanol–water partition coefficient (Wildman–Crippen LogP) is 4.47. The lowest BCUT2D eigenvalue weighted by molar-refractivity contribution is -0.137. The second kappa shape index (κ2) is 9.04. The SMILES string of the molecule is CN(C)C=Nc1c(N(CC2CC2)S(C)(=O)=O)c(C#N)nn1-c1c(Cl)cc(C(F)(F)F)cc1Cl. The van der Waals surface area contributed by atoms with Crippen LogP contribution in [-0.2, 0) is 16.2 Å². The minimum atomic E-state index is -4.69. The van der Waals surface area contributed by atoms with E-state index in [9.17, 15) is 26.9 Å². The van der Waals surface area contributed by atoms with E-state index >= 15 is 0 Å². The number of anilines is 1. The van der Waals surface area contributed by atoms with Gasteiger partial charge in [-0.25, -0.2) is 18.1 Å². The van der Waals surface area contributed by atoms with Gasteiger partial charge in [0.2, 0.25) is 10.0 Å². The van der Waals surface area contributed by atoms with Gasteiger partial charge in [-0.1, -0.05) is 23.2 Å². The first-order chi connectivity index (χ1) is 15.2. The van der Waals surface area contributed by atoms with Crippen molar-refractivity contribution in [2.45, 2.75) is 19.0 Å². The number of benzene rings is 1. The van der Waals surface area contributed by atoms with E-state index in [1.165, 1.54) is 6.34 Å². The molecule has 0 atom stereocenters. The van der Waals surface area contributed by atoms with Crippen molar-refractivity contribution in [3.05, 3.63) is 33.4 Å². The highest BCUT2D eigenvalue weighted by Gasteiger charge is 2.36. The fourth-order valence-corrected chi connectivity index (χ4v) is 4.64. The smallest absolute Gasteiger partial charge is 0.369 e. The standard InChI is InChI=1S/C19H19Cl2F3N6O2S/c1-28(2)10-26-18-17(29(33(3,31)32)9-11-4-5-11)15(8-25)27-30(18)16-13(20)6-12(7-14(16)21)19(22,23)24/h6-7,10-11H,4-5,9H2,1-3H3. The van der Waals surface area contributed by atoms with Crippen LogP contribution < -0.4 is 4.31 Å². The van der Waals surface area contributed by atoms with Crippen LogP contribution in [0.4, 0.5) is 24.7 Å². The molecule has 1 saturated carbocycles. The molecule has 1 aliphatic rings. The van der Waals surface area contributed by atoms with Crippen LogP contribution in [0.5, 0.6) is 0 Å². The number of aliphatic imine (C=N–C) groups is 1. The Hall–Kier alpha value is -2.49. The van der Waals surface area contributed by atoms with Crippen molar-refractivity contribution in [3.63, 3.8) is 0 Å². The molecule has 1 aromatic heterocycles. The number of sulfonamides is 1. The summed E-state index contributed by atoms with van der Waals surface area (Å²) in [4.78, 5) is 5.82. The first kappa shape index (κ1) is 25.1. The van der Waals surface area contributed by atoms with Gasteiger partial charge in [-0.15, -0.1) is 0 Å². The number of nitrogens with zero attached hydrogens (tertiary/aromatic N) is 6. The number of hydrogen-bond donors (Lipinski definition) is 0. The fourth-order valence-electron chi connectivity index (χ4n) is 3.01. The summed E-state index contributed by atoms with van der Waals surface area (Å²) in [7, 11) is -0.538. The third kappa shape index (κ3) is 5.54. The van der Waals surface area contributed by atoms with Crippen LogP contribution in [0, 0.1) is 17.2 Å². The molecule has 2 aromatic rings. The molecule has 0 radical (unpaired) electrons. The Kier molecular flexibility index (Phi) is 6.89. The number of hydrogen-bond acceptors (Lipinski definition) is 5. The Morgan fingerprint density at radius 1 is 1.30 bits per heavy atom. The van der Waals surface area contributed by atoms with Crippen LogP contribution in [0.1, 0.15) is 24.1 Å². The summed E-state index contributed by atoms with van der Waals surface area (Å²) in [5, 5.41) is 13.0. The van der Waals surface area contributed by atoms with Gasteiger partial charge in [0.25, 0.3) is 0 Å². The summed E-state index contributed by atoms with van der Waals surface area (Å²) in [6.45, 7) is 0.109. The Balaban J connectivity index is 2.33. The van der Waals surface area contributed by atoms with E-state index in [1.807, 2.05) is 6.07 Å². The molecule has 0 bridgehead atoms. The van der Waals surface area contributed by atoms with Crippen LogP contribution in [0.3, 0.4) is 0 Å². The highest BCUT2D eigenvalue weighted by Crippen LogP contribution is 2.43. The first-order valence-electron chi connectivity index (χ1n) is 9.52. The van der Waals surface area contributed by atoms with Crippen molar-refractivity contribution in [1.82, 2.24) is 14.7 Å². The van der Waals surface area contributed by atoms with Crippen LogP contribution in [0.15, 0.2) is 17.1 Å². The molecule has 0 spiro atoms. The monoisotopic (exact) mass is 522 g/mol. The summed E-state index contributed by atoms with van der Waals surface area (Å²) >= 11 is 12.3. The quantitative estimate of drug-likeness (QED) is 0.395. The summed E-state index contributed by atoms with van der Waals surface area (Å²) in [5.41, 5.74) is -1.63. The molecule has 0 N–H and O–H groups in total. The molecule has 14 heteroatoms. The minimum absolute atomic E-state index is 0.1000. The van der Waals surface area contributed by atoms with Gasteiger partial charge in [-0.3, -0.25) is 4.31 Å². The summed E-state index contributed by atoms with van der Waals surface area (Å²) in [6, 6.07) is 3.19. The molecule has 178 valence electrons. The maximum absolute atomic E-state index is 13.2. The van der Waals surface area contributed by atoms with E-state index in [0.29, 0.717) is 12.1 Å². The minimum Gasteiger partial charge on any atom is -0.369 e. The van der Waals surface area contributed by atoms with Crippen molar-refractivity contribution in [1.29, 1.82) is 5.26 Å². The third-order valence-corrected chi connectivity index (χ3v) is 6.39. The highest BCUT2D eigenvalue weighted by atomic mass is 35.5. The molecule has 1 aromatic carbocycles. The van der Waals surface area contributed by atoms with Crippen LogP contribution >= 0.6 is 23.2 Å². The maximum Gasteiger partial charge on any atom is 0.416 e. The summed E-state index contributed by atoms with van der Waals surface area (Å²) in [6.07, 6.45) is -0.709. The van der Waals surface area contributed by atoms with Crippen LogP contribution in [0.2, 0.25) is 10.0 Å². The van der Waals surface area contributed by atoms with Crippen LogP contribution in [0.25, 0.3) is 5.69 Å². The zero-order valence-corrected chi connectivity index (χ0v) is 20.1. The average molecular weight is 523 g/mol. The largest absolute Gasteiger partial charge is 0.416 e.